The Balaban J connectivity index is 1.78. The van der Waals surface area contributed by atoms with Crippen LogP contribution in [0.3, 0.4) is 0 Å². The van der Waals surface area contributed by atoms with Gasteiger partial charge in [0.25, 0.3) is 5.56 Å². The molecule has 5 nitrogen and oxygen atoms in total. The molecule has 1 amide bonds. The van der Waals surface area contributed by atoms with Gasteiger partial charge < -0.3 is 9.88 Å². The van der Waals surface area contributed by atoms with Crippen LogP contribution in [0, 0.1) is 11.8 Å². The topological polar surface area (TPSA) is 66.1 Å². The van der Waals surface area contributed by atoms with Gasteiger partial charge in [-0.15, -0.1) is 0 Å². The van der Waals surface area contributed by atoms with Crippen molar-refractivity contribution >= 4 is 16.8 Å². The van der Waals surface area contributed by atoms with Crippen LogP contribution in [0.2, 0.25) is 0 Å². The summed E-state index contributed by atoms with van der Waals surface area (Å²) in [6.07, 6.45) is 1.93. The molecule has 1 saturated carbocycles. The number of rotatable bonds is 3. The van der Waals surface area contributed by atoms with Gasteiger partial charge in [-0.1, -0.05) is 19.1 Å². The van der Waals surface area contributed by atoms with Crippen molar-refractivity contribution < 1.29 is 4.79 Å². The average Bonchev–Trinajstić information content (AvgIpc) is 2.43. The Morgan fingerprint density at radius 3 is 2.81 bits per heavy atom. The minimum absolute atomic E-state index is 0.136. The zero-order chi connectivity index (χ0) is 15.0. The fraction of sp³-hybridized carbons (Fsp3) is 0.438. The molecule has 0 bridgehead atoms. The minimum Gasteiger partial charge on any atom is -0.338 e. The highest BCUT2D eigenvalue weighted by molar-refractivity contribution is 5.79. The number of H-pyrrole nitrogens is 1. The molecule has 1 N–H and O–H groups in total. The summed E-state index contributed by atoms with van der Waals surface area (Å²) < 4.78 is 0. The third-order valence-corrected chi connectivity index (χ3v) is 4.15. The van der Waals surface area contributed by atoms with Crippen molar-refractivity contribution in [2.24, 2.45) is 11.8 Å². The Morgan fingerprint density at radius 1 is 1.38 bits per heavy atom. The Hall–Kier alpha value is -2.17. The highest BCUT2D eigenvalue weighted by atomic mass is 16.2. The molecule has 1 aromatic heterocycles. The standard InChI is InChI=1S/C16H19N3O2/c1-10-7-11(8-10)16(21)19(2)9-14-17-13-6-4-3-5-12(13)15(20)18-14/h3-6,10-11H,7-9H2,1-2H3,(H,17,18,20). The van der Waals surface area contributed by atoms with Crippen molar-refractivity contribution in [3.8, 4) is 0 Å². The third-order valence-electron chi connectivity index (χ3n) is 4.15. The third kappa shape index (κ3) is 2.68. The average molecular weight is 285 g/mol. The molecule has 1 aliphatic rings. The second kappa shape index (κ2) is 5.31. The molecule has 0 saturated heterocycles. The molecule has 1 fully saturated rings. The van der Waals surface area contributed by atoms with Gasteiger partial charge in [0.15, 0.2) is 0 Å². The maximum absolute atomic E-state index is 12.2. The van der Waals surface area contributed by atoms with Crippen LogP contribution in [0.1, 0.15) is 25.6 Å². The van der Waals surface area contributed by atoms with Gasteiger partial charge in [0.05, 0.1) is 17.4 Å². The van der Waals surface area contributed by atoms with Crippen LogP contribution in [0.15, 0.2) is 29.1 Å². The Bertz CT molecular complexity index is 732. The number of para-hydroxylation sites is 1. The first kappa shape index (κ1) is 13.8. The summed E-state index contributed by atoms with van der Waals surface area (Å²) in [6, 6.07) is 7.22. The summed E-state index contributed by atoms with van der Waals surface area (Å²) in [6.45, 7) is 2.50. The van der Waals surface area contributed by atoms with Crippen LogP contribution in [0.25, 0.3) is 10.9 Å². The van der Waals surface area contributed by atoms with E-state index in [9.17, 15) is 9.59 Å². The Labute approximate surface area is 123 Å². The first-order chi connectivity index (χ1) is 10.0. The minimum atomic E-state index is -0.159. The first-order valence-electron chi connectivity index (χ1n) is 7.27. The SMILES string of the molecule is CC1CC(C(=O)N(C)Cc2nc3ccccc3c(=O)[nH]2)C1. The van der Waals surface area contributed by atoms with Gasteiger partial charge in [0.1, 0.15) is 5.82 Å². The molecule has 1 heterocycles. The molecule has 21 heavy (non-hydrogen) atoms. The largest absolute Gasteiger partial charge is 0.338 e. The van der Waals surface area contributed by atoms with Crippen molar-refractivity contribution in [2.75, 3.05) is 7.05 Å². The van der Waals surface area contributed by atoms with E-state index in [-0.39, 0.29) is 17.4 Å². The van der Waals surface area contributed by atoms with Crippen molar-refractivity contribution in [1.29, 1.82) is 0 Å². The highest BCUT2D eigenvalue weighted by Crippen LogP contribution is 2.34. The lowest BCUT2D eigenvalue weighted by atomic mass is 9.75. The van der Waals surface area contributed by atoms with E-state index in [1.54, 1.807) is 18.0 Å². The molecule has 5 heteroatoms. The second-order valence-corrected chi connectivity index (χ2v) is 6.00. The second-order valence-electron chi connectivity index (χ2n) is 6.00. The van der Waals surface area contributed by atoms with Gasteiger partial charge >= 0.3 is 0 Å². The van der Waals surface area contributed by atoms with Gasteiger partial charge in [-0.05, 0) is 30.9 Å². The van der Waals surface area contributed by atoms with Gasteiger partial charge in [-0.2, -0.15) is 0 Å². The van der Waals surface area contributed by atoms with Crippen molar-refractivity contribution in [1.82, 2.24) is 14.9 Å². The number of nitrogens with one attached hydrogen (secondary N) is 1. The molecule has 0 atom stereocenters. The molecule has 0 aliphatic heterocycles. The van der Waals surface area contributed by atoms with E-state index in [2.05, 4.69) is 16.9 Å². The fourth-order valence-electron chi connectivity index (χ4n) is 2.93. The molecule has 2 aromatic rings. The quantitative estimate of drug-likeness (QED) is 0.937. The lowest BCUT2D eigenvalue weighted by Gasteiger charge is -2.34. The summed E-state index contributed by atoms with van der Waals surface area (Å²) in [5.74, 6) is 1.45. The summed E-state index contributed by atoms with van der Waals surface area (Å²) in [4.78, 5) is 33.1. The van der Waals surface area contributed by atoms with Gasteiger partial charge in [0, 0.05) is 13.0 Å². The van der Waals surface area contributed by atoms with Gasteiger partial charge in [-0.25, -0.2) is 4.98 Å². The summed E-state index contributed by atoms with van der Waals surface area (Å²) >= 11 is 0. The summed E-state index contributed by atoms with van der Waals surface area (Å²) in [7, 11) is 1.76. The number of amides is 1. The van der Waals surface area contributed by atoms with Crippen LogP contribution < -0.4 is 5.56 Å². The fourth-order valence-corrected chi connectivity index (χ4v) is 2.93. The van der Waals surface area contributed by atoms with E-state index in [4.69, 9.17) is 0 Å². The van der Waals surface area contributed by atoms with E-state index in [1.807, 2.05) is 18.2 Å². The van der Waals surface area contributed by atoms with Crippen LogP contribution >= 0.6 is 0 Å². The Kier molecular flexibility index (Phi) is 3.49. The van der Waals surface area contributed by atoms with Crippen molar-refractivity contribution in [2.45, 2.75) is 26.3 Å². The molecule has 0 unspecified atom stereocenters. The monoisotopic (exact) mass is 285 g/mol. The van der Waals surface area contributed by atoms with Crippen LogP contribution in [-0.2, 0) is 11.3 Å². The van der Waals surface area contributed by atoms with Crippen molar-refractivity contribution in [3.05, 3.63) is 40.4 Å². The molecule has 1 aromatic carbocycles. The number of carbonyl (C=O) groups excluding carboxylic acids is 1. The lowest BCUT2D eigenvalue weighted by molar-refractivity contribution is -0.139. The number of aromatic amines is 1. The predicted octanol–water partition coefficient (Wildman–Crippen LogP) is 1.93. The summed E-state index contributed by atoms with van der Waals surface area (Å²) in [5.41, 5.74) is 0.503. The molecule has 3 rings (SSSR count). The highest BCUT2D eigenvalue weighted by Gasteiger charge is 2.33. The molecule has 0 spiro atoms. The van der Waals surface area contributed by atoms with Crippen LogP contribution in [0.4, 0.5) is 0 Å². The molecule has 0 radical (unpaired) electrons. The number of benzene rings is 1. The van der Waals surface area contributed by atoms with Gasteiger partial charge in [0.2, 0.25) is 5.91 Å². The van der Waals surface area contributed by atoms with Gasteiger partial charge in [-0.3, -0.25) is 9.59 Å². The molecular weight excluding hydrogens is 266 g/mol. The van der Waals surface area contributed by atoms with Crippen molar-refractivity contribution in [3.63, 3.8) is 0 Å². The number of aromatic nitrogens is 2. The molecule has 1 aliphatic carbocycles. The Morgan fingerprint density at radius 2 is 2.10 bits per heavy atom. The first-order valence-corrected chi connectivity index (χ1v) is 7.27. The normalized spacial score (nSPS) is 21.0. The number of hydrogen-bond donors (Lipinski definition) is 1. The lowest BCUT2D eigenvalue weighted by Crippen LogP contribution is -2.39. The van der Waals surface area contributed by atoms with E-state index in [0.29, 0.717) is 29.2 Å². The smallest absolute Gasteiger partial charge is 0.258 e. The van der Waals surface area contributed by atoms with E-state index in [1.165, 1.54) is 0 Å². The predicted molar refractivity (Wildman–Crippen MR) is 80.7 cm³/mol. The molecule has 110 valence electrons. The van der Waals surface area contributed by atoms with E-state index in [0.717, 1.165) is 12.8 Å². The van der Waals surface area contributed by atoms with E-state index >= 15 is 0 Å². The maximum Gasteiger partial charge on any atom is 0.258 e. The summed E-state index contributed by atoms with van der Waals surface area (Å²) in [5, 5.41) is 0.572. The van der Waals surface area contributed by atoms with Crippen LogP contribution in [0.5, 0.6) is 0 Å². The number of nitrogens with zero attached hydrogens (tertiary/aromatic N) is 2. The van der Waals surface area contributed by atoms with E-state index < -0.39 is 0 Å². The zero-order valence-electron chi connectivity index (χ0n) is 12.3. The molecular formula is C16H19N3O2. The maximum atomic E-state index is 12.2. The zero-order valence-corrected chi connectivity index (χ0v) is 12.3. The van der Waals surface area contributed by atoms with Crippen LogP contribution in [-0.4, -0.2) is 27.8 Å². The number of fused-ring (bicyclic) bond motifs is 1. The number of carbonyl (C=O) groups is 1. The number of hydrogen-bond acceptors (Lipinski definition) is 3.